The molecule has 4 rings (SSSR count). The van der Waals surface area contributed by atoms with E-state index in [0.29, 0.717) is 6.42 Å². The number of likely N-dealkylation sites (N-methyl/N-ethyl adjacent to an activating group) is 1. The smallest absolute Gasteiger partial charge is 0.331 e. The molecule has 344 valence electrons. The number of ether oxygens (including phenoxy) is 5. The normalized spacial score (nSPS) is 37.2. The Labute approximate surface area is 351 Å². The summed E-state index contributed by atoms with van der Waals surface area (Å²) in [7, 11) is 3.55. The molecule has 3 saturated heterocycles. The maximum absolute atomic E-state index is 14.6. The Bertz CT molecular complexity index is 1810. The molecule has 0 saturated carbocycles. The lowest BCUT2D eigenvalue weighted by molar-refractivity contribution is -0.296. The molecule has 1 aromatic carbocycles. The highest BCUT2D eigenvalue weighted by Gasteiger charge is 2.53. The van der Waals surface area contributed by atoms with Crippen LogP contribution in [0.4, 0.5) is 22.0 Å². The summed E-state index contributed by atoms with van der Waals surface area (Å²) in [6.45, 7) is 11.3. The van der Waals surface area contributed by atoms with Crippen LogP contribution in [0.1, 0.15) is 87.1 Å². The number of Topliss-reactive ketones (excluding diaryl/α,β-unsaturated/α-hetero) is 1. The number of hydrogen-bond donors (Lipinski definition) is 2. The minimum absolute atomic E-state index is 0.00872. The summed E-state index contributed by atoms with van der Waals surface area (Å²) in [6, 6.07) is -0.447. The standard InChI is InChI=1S/C41H58F5N3O12/c1-12-27-41(9,54)37-20(4)33(48-61-23(7)50)18(2)14-40(8,56-16-24(15-55-37)47-57-17-25-28(42)30(44)32(46)31(45)29(25)43)36(21(5)34(51)22(6)38(53)59-27)60-39-35(52)26(49(10)11)13-19(3)58-39/h18-22,26-27,35-37,39,52,54H,12-17H2,1-11H3/b47-24-,48-33+/t18-,19-,20+,21+,22-,26+,27-,35-,36-,37+,39+,40-,41-/m1/s1. The van der Waals surface area contributed by atoms with Crippen LogP contribution in [0.3, 0.4) is 0 Å². The summed E-state index contributed by atoms with van der Waals surface area (Å²) in [6.07, 6.45) is -6.75. The van der Waals surface area contributed by atoms with Crippen LogP contribution in [-0.4, -0.2) is 126 Å². The van der Waals surface area contributed by atoms with E-state index >= 15 is 0 Å². The molecule has 2 N–H and O–H groups in total. The first kappa shape index (κ1) is 50.0. The molecule has 2 bridgehead atoms. The fourth-order valence-corrected chi connectivity index (χ4v) is 8.47. The van der Waals surface area contributed by atoms with Crippen molar-refractivity contribution in [2.24, 2.45) is 34.0 Å². The SMILES string of the molecule is CC[C@H]1OC(=O)[C@H](C)C(=O)[C@H](C)[C@@H](O[C@@H]2O[C@H](C)C[C@H](N(C)C)[C@H]2O)[C@@]2(C)C[C@@H](C)/C(=N\OC(C)=O)[C@H](C)[C@H](OC/C(=N/OCc3c(F)c(F)c(F)c(F)c3F)CO2)[C@]1(C)O. The number of aliphatic hydroxyl groups is 2. The van der Waals surface area contributed by atoms with Gasteiger partial charge >= 0.3 is 11.9 Å². The van der Waals surface area contributed by atoms with Crippen molar-refractivity contribution in [2.75, 3.05) is 27.3 Å². The molecule has 3 fully saturated rings. The number of halogens is 5. The second kappa shape index (κ2) is 20.2. The van der Waals surface area contributed by atoms with Gasteiger partial charge in [0, 0.05) is 30.7 Å². The Morgan fingerprint density at radius 1 is 0.934 bits per heavy atom. The fourth-order valence-electron chi connectivity index (χ4n) is 8.47. The third kappa shape index (κ3) is 10.9. The van der Waals surface area contributed by atoms with Gasteiger partial charge in [0.15, 0.2) is 35.3 Å². The van der Waals surface area contributed by atoms with Crippen molar-refractivity contribution < 1.29 is 79.9 Å². The van der Waals surface area contributed by atoms with Gasteiger partial charge in [-0.2, -0.15) is 0 Å². The van der Waals surface area contributed by atoms with E-state index in [1.54, 1.807) is 53.6 Å². The van der Waals surface area contributed by atoms with E-state index in [2.05, 4.69) is 10.3 Å². The number of rotatable bonds is 8. The molecule has 0 unspecified atom stereocenters. The van der Waals surface area contributed by atoms with Gasteiger partial charge in [0.1, 0.15) is 36.0 Å². The van der Waals surface area contributed by atoms with Gasteiger partial charge in [-0.25, -0.2) is 26.7 Å². The van der Waals surface area contributed by atoms with E-state index in [4.69, 9.17) is 33.4 Å². The number of carbonyl (C=O) groups is 3. The lowest BCUT2D eigenvalue weighted by Gasteiger charge is -2.47. The summed E-state index contributed by atoms with van der Waals surface area (Å²) >= 11 is 0. The molecular formula is C41H58F5N3O12. The van der Waals surface area contributed by atoms with Crippen molar-refractivity contribution in [3.63, 3.8) is 0 Å². The van der Waals surface area contributed by atoms with E-state index in [-0.39, 0.29) is 24.3 Å². The first-order valence-corrected chi connectivity index (χ1v) is 20.2. The molecule has 3 aliphatic heterocycles. The summed E-state index contributed by atoms with van der Waals surface area (Å²) < 4.78 is 103. The van der Waals surface area contributed by atoms with Crippen molar-refractivity contribution in [3.8, 4) is 0 Å². The zero-order chi connectivity index (χ0) is 45.9. The van der Waals surface area contributed by atoms with Gasteiger partial charge in [-0.15, -0.1) is 0 Å². The van der Waals surface area contributed by atoms with Crippen molar-refractivity contribution >= 4 is 29.1 Å². The number of fused-ring (bicyclic) bond motifs is 5. The fraction of sp³-hybridized carbons (Fsp3) is 0.732. The van der Waals surface area contributed by atoms with E-state index in [1.165, 1.54) is 20.8 Å². The van der Waals surface area contributed by atoms with Crippen LogP contribution < -0.4 is 0 Å². The van der Waals surface area contributed by atoms with Gasteiger partial charge in [0.25, 0.3) is 0 Å². The van der Waals surface area contributed by atoms with Crippen LogP contribution in [-0.2, 0) is 54.3 Å². The van der Waals surface area contributed by atoms with Crippen molar-refractivity contribution in [1.29, 1.82) is 0 Å². The molecule has 15 nitrogen and oxygen atoms in total. The molecule has 20 heteroatoms. The van der Waals surface area contributed by atoms with Crippen molar-refractivity contribution in [2.45, 2.75) is 142 Å². The number of hydrogen-bond acceptors (Lipinski definition) is 15. The van der Waals surface area contributed by atoms with E-state index in [9.17, 15) is 46.5 Å². The number of aliphatic hydroxyl groups excluding tert-OH is 1. The minimum atomic E-state index is -2.36. The monoisotopic (exact) mass is 879 g/mol. The number of oxime groups is 2. The summed E-state index contributed by atoms with van der Waals surface area (Å²) in [5.74, 6) is -17.7. The predicted molar refractivity (Wildman–Crippen MR) is 206 cm³/mol. The summed E-state index contributed by atoms with van der Waals surface area (Å²) in [4.78, 5) is 52.5. The maximum Gasteiger partial charge on any atom is 0.331 e. The molecule has 0 amide bonds. The molecule has 61 heavy (non-hydrogen) atoms. The Morgan fingerprint density at radius 2 is 1.54 bits per heavy atom. The largest absolute Gasteiger partial charge is 0.459 e. The van der Waals surface area contributed by atoms with Crippen LogP contribution in [0.25, 0.3) is 0 Å². The number of cyclic esters (lactones) is 1. The van der Waals surface area contributed by atoms with Crippen LogP contribution >= 0.6 is 0 Å². The van der Waals surface area contributed by atoms with Gasteiger partial charge in [0.05, 0.1) is 48.4 Å². The quantitative estimate of drug-likeness (QED) is 0.0695. The average molecular weight is 880 g/mol. The zero-order valence-corrected chi connectivity index (χ0v) is 36.3. The highest BCUT2D eigenvalue weighted by atomic mass is 19.2. The maximum atomic E-state index is 14.6. The van der Waals surface area contributed by atoms with Gasteiger partial charge in [0.2, 0.25) is 5.82 Å². The lowest BCUT2D eigenvalue weighted by atomic mass is 9.74. The van der Waals surface area contributed by atoms with E-state index < -0.39 is 150 Å². The highest BCUT2D eigenvalue weighted by Crippen LogP contribution is 2.40. The van der Waals surface area contributed by atoms with E-state index in [0.717, 1.165) is 6.92 Å². The third-order valence-electron chi connectivity index (χ3n) is 11.8. The average Bonchev–Trinajstić information content (AvgIpc) is 3.21. The molecule has 0 aromatic heterocycles. The van der Waals surface area contributed by atoms with Crippen LogP contribution in [0.2, 0.25) is 0 Å². The lowest BCUT2D eigenvalue weighted by Crippen LogP contribution is -2.60. The van der Waals surface area contributed by atoms with Gasteiger partial charge in [-0.05, 0) is 61.1 Å². The molecule has 0 spiro atoms. The zero-order valence-electron chi connectivity index (χ0n) is 36.3. The summed E-state index contributed by atoms with van der Waals surface area (Å²) in [5, 5.41) is 32.0. The Balaban J connectivity index is 1.97. The Morgan fingerprint density at radius 3 is 2.11 bits per heavy atom. The second-order valence-electron chi connectivity index (χ2n) is 16.9. The summed E-state index contributed by atoms with van der Waals surface area (Å²) in [5.41, 5.74) is -5.09. The Hall–Kier alpha value is -3.66. The number of nitrogens with zero attached hydrogens (tertiary/aromatic N) is 3. The molecule has 3 heterocycles. The topological polar surface area (TPSA) is 184 Å². The van der Waals surface area contributed by atoms with Crippen LogP contribution in [0.5, 0.6) is 0 Å². The highest BCUT2D eigenvalue weighted by molar-refractivity contribution is 6.00. The first-order chi connectivity index (χ1) is 28.4. The van der Waals surface area contributed by atoms with Gasteiger partial charge in [-0.3, -0.25) is 9.59 Å². The van der Waals surface area contributed by atoms with Gasteiger partial charge < -0.3 is 48.5 Å². The van der Waals surface area contributed by atoms with Crippen LogP contribution in [0, 0.1) is 52.8 Å². The first-order valence-electron chi connectivity index (χ1n) is 20.2. The molecular weight excluding hydrogens is 821 g/mol. The van der Waals surface area contributed by atoms with Gasteiger partial charge in [-0.1, -0.05) is 38.0 Å². The number of ketones is 1. The Kier molecular flexibility index (Phi) is 16.6. The van der Waals surface area contributed by atoms with Crippen LogP contribution in [0.15, 0.2) is 10.3 Å². The molecule has 1 aromatic rings. The molecule has 0 aliphatic carbocycles. The number of esters is 1. The predicted octanol–water partition coefficient (Wildman–Crippen LogP) is 4.75. The molecule has 3 aliphatic rings. The number of carbonyl (C=O) groups excluding carboxylic acids is 3. The molecule has 0 radical (unpaired) electrons. The molecule has 13 atom stereocenters. The minimum Gasteiger partial charge on any atom is -0.459 e. The van der Waals surface area contributed by atoms with E-state index in [1.807, 2.05) is 0 Å². The third-order valence-corrected chi connectivity index (χ3v) is 11.8. The second-order valence-corrected chi connectivity index (χ2v) is 16.9. The van der Waals surface area contributed by atoms with Crippen molar-refractivity contribution in [3.05, 3.63) is 34.6 Å². The number of benzene rings is 1. The van der Waals surface area contributed by atoms with Crippen molar-refractivity contribution in [1.82, 2.24) is 4.90 Å².